The second kappa shape index (κ2) is 7.61. The number of benzene rings is 3. The summed E-state index contributed by atoms with van der Waals surface area (Å²) in [6.45, 7) is 1.39. The van der Waals surface area contributed by atoms with Crippen LogP contribution < -0.4 is 11.1 Å². The van der Waals surface area contributed by atoms with Crippen molar-refractivity contribution in [1.29, 1.82) is 0 Å². The van der Waals surface area contributed by atoms with Gasteiger partial charge in [-0.2, -0.15) is 0 Å². The highest BCUT2D eigenvalue weighted by molar-refractivity contribution is 5.58. The Bertz CT molecular complexity index is 684. The molecule has 0 fully saturated rings. The molecule has 3 aromatic rings. The fourth-order valence-electron chi connectivity index (χ4n) is 2.96. The highest BCUT2D eigenvalue weighted by Gasteiger charge is 2.19. The minimum atomic E-state index is 0.207. The van der Waals surface area contributed by atoms with Crippen LogP contribution in [0, 0.1) is 0 Å². The SMILES string of the molecule is NCCNc1ccccc1C(c1ccccc1)c1ccccc1. The summed E-state index contributed by atoms with van der Waals surface area (Å²) in [6.07, 6.45) is 0. The van der Waals surface area contributed by atoms with Gasteiger partial charge in [0.2, 0.25) is 0 Å². The molecule has 0 radical (unpaired) electrons. The standard InChI is InChI=1S/C21H22N2/c22-15-16-23-20-14-8-7-13-19(20)21(17-9-3-1-4-10-17)18-11-5-2-6-12-18/h1-14,21,23H,15-16,22H2. The fraction of sp³-hybridized carbons (Fsp3) is 0.143. The smallest absolute Gasteiger partial charge is 0.0382 e. The van der Waals surface area contributed by atoms with E-state index < -0.39 is 0 Å². The van der Waals surface area contributed by atoms with Crippen molar-refractivity contribution in [3.05, 3.63) is 102 Å². The van der Waals surface area contributed by atoms with Gasteiger partial charge >= 0.3 is 0 Å². The molecule has 0 saturated carbocycles. The lowest BCUT2D eigenvalue weighted by Gasteiger charge is -2.22. The monoisotopic (exact) mass is 302 g/mol. The molecule has 0 spiro atoms. The van der Waals surface area contributed by atoms with Crippen LogP contribution >= 0.6 is 0 Å². The number of para-hydroxylation sites is 1. The normalized spacial score (nSPS) is 10.7. The molecule has 0 unspecified atom stereocenters. The van der Waals surface area contributed by atoms with E-state index in [2.05, 4.69) is 90.2 Å². The maximum Gasteiger partial charge on any atom is 0.0382 e. The number of rotatable bonds is 6. The van der Waals surface area contributed by atoms with E-state index in [0.29, 0.717) is 6.54 Å². The van der Waals surface area contributed by atoms with Crippen LogP contribution in [-0.4, -0.2) is 13.1 Å². The number of hydrogen-bond acceptors (Lipinski definition) is 2. The van der Waals surface area contributed by atoms with Gasteiger partial charge in [0.15, 0.2) is 0 Å². The number of anilines is 1. The van der Waals surface area contributed by atoms with Crippen molar-refractivity contribution in [2.45, 2.75) is 5.92 Å². The lowest BCUT2D eigenvalue weighted by Crippen LogP contribution is -2.15. The molecular weight excluding hydrogens is 280 g/mol. The summed E-state index contributed by atoms with van der Waals surface area (Å²) in [6, 6.07) is 29.8. The minimum absolute atomic E-state index is 0.207. The van der Waals surface area contributed by atoms with Crippen LogP contribution in [0.5, 0.6) is 0 Å². The van der Waals surface area contributed by atoms with Crippen molar-refractivity contribution in [3.63, 3.8) is 0 Å². The Hall–Kier alpha value is -2.58. The first-order valence-corrected chi connectivity index (χ1v) is 8.03. The van der Waals surface area contributed by atoms with Crippen molar-refractivity contribution in [3.8, 4) is 0 Å². The van der Waals surface area contributed by atoms with Crippen LogP contribution in [0.4, 0.5) is 5.69 Å². The van der Waals surface area contributed by atoms with E-state index in [1.807, 2.05) is 0 Å². The van der Waals surface area contributed by atoms with Gasteiger partial charge in [-0.25, -0.2) is 0 Å². The average molecular weight is 302 g/mol. The summed E-state index contributed by atoms with van der Waals surface area (Å²) in [4.78, 5) is 0. The van der Waals surface area contributed by atoms with Crippen LogP contribution in [0.15, 0.2) is 84.9 Å². The van der Waals surface area contributed by atoms with Gasteiger partial charge in [-0.3, -0.25) is 0 Å². The number of nitrogens with two attached hydrogens (primary N) is 1. The van der Waals surface area contributed by atoms with Crippen molar-refractivity contribution in [1.82, 2.24) is 0 Å². The first-order valence-electron chi connectivity index (χ1n) is 8.03. The molecule has 0 aliphatic rings. The third-order valence-electron chi connectivity index (χ3n) is 4.00. The molecule has 3 aromatic carbocycles. The van der Waals surface area contributed by atoms with Crippen LogP contribution in [-0.2, 0) is 0 Å². The molecule has 23 heavy (non-hydrogen) atoms. The molecule has 0 aromatic heterocycles. The summed E-state index contributed by atoms with van der Waals surface area (Å²) in [5.74, 6) is 0.207. The second-order valence-corrected chi connectivity index (χ2v) is 5.56. The summed E-state index contributed by atoms with van der Waals surface area (Å²) in [5, 5.41) is 3.46. The molecule has 0 aliphatic carbocycles. The third-order valence-corrected chi connectivity index (χ3v) is 4.00. The molecule has 0 bridgehead atoms. The summed E-state index contributed by atoms with van der Waals surface area (Å²) in [7, 11) is 0. The molecule has 0 aliphatic heterocycles. The van der Waals surface area contributed by atoms with Crippen molar-refractivity contribution in [2.24, 2.45) is 5.73 Å². The number of nitrogens with one attached hydrogen (secondary N) is 1. The predicted octanol–water partition coefficient (Wildman–Crippen LogP) is 4.24. The molecule has 0 heterocycles. The molecular formula is C21H22N2. The summed E-state index contributed by atoms with van der Waals surface area (Å²) < 4.78 is 0. The maximum absolute atomic E-state index is 5.66. The fourth-order valence-corrected chi connectivity index (χ4v) is 2.96. The molecule has 0 amide bonds. The van der Waals surface area contributed by atoms with Gasteiger partial charge in [0.25, 0.3) is 0 Å². The van der Waals surface area contributed by atoms with Crippen LogP contribution in [0.1, 0.15) is 22.6 Å². The topological polar surface area (TPSA) is 38.0 Å². The Labute approximate surface area is 138 Å². The average Bonchev–Trinajstić information content (AvgIpc) is 2.63. The predicted molar refractivity (Wildman–Crippen MR) is 97.8 cm³/mol. The van der Waals surface area contributed by atoms with E-state index in [1.165, 1.54) is 16.7 Å². The van der Waals surface area contributed by atoms with E-state index in [0.717, 1.165) is 12.2 Å². The Kier molecular flexibility index (Phi) is 5.07. The zero-order valence-corrected chi connectivity index (χ0v) is 13.2. The Morgan fingerprint density at radius 2 is 1.22 bits per heavy atom. The van der Waals surface area contributed by atoms with Gasteiger partial charge < -0.3 is 11.1 Å². The Balaban J connectivity index is 2.10. The zero-order valence-electron chi connectivity index (χ0n) is 13.2. The summed E-state index contributed by atoms with van der Waals surface area (Å²) >= 11 is 0. The van der Waals surface area contributed by atoms with E-state index >= 15 is 0 Å². The van der Waals surface area contributed by atoms with E-state index in [-0.39, 0.29) is 5.92 Å². The lowest BCUT2D eigenvalue weighted by molar-refractivity contribution is 0.962. The van der Waals surface area contributed by atoms with Crippen LogP contribution in [0.3, 0.4) is 0 Å². The van der Waals surface area contributed by atoms with Crippen LogP contribution in [0.2, 0.25) is 0 Å². The minimum Gasteiger partial charge on any atom is -0.384 e. The third kappa shape index (κ3) is 3.61. The lowest BCUT2D eigenvalue weighted by atomic mass is 9.84. The van der Waals surface area contributed by atoms with Gasteiger partial charge in [-0.05, 0) is 22.8 Å². The largest absolute Gasteiger partial charge is 0.384 e. The Morgan fingerprint density at radius 3 is 1.78 bits per heavy atom. The molecule has 2 nitrogen and oxygen atoms in total. The van der Waals surface area contributed by atoms with Gasteiger partial charge in [0.05, 0.1) is 0 Å². The maximum atomic E-state index is 5.66. The highest BCUT2D eigenvalue weighted by atomic mass is 14.9. The van der Waals surface area contributed by atoms with Crippen molar-refractivity contribution < 1.29 is 0 Å². The molecule has 0 saturated heterocycles. The van der Waals surface area contributed by atoms with E-state index in [1.54, 1.807) is 0 Å². The van der Waals surface area contributed by atoms with E-state index in [4.69, 9.17) is 5.73 Å². The molecule has 3 rings (SSSR count). The molecule has 3 N–H and O–H groups in total. The van der Waals surface area contributed by atoms with Crippen LogP contribution in [0.25, 0.3) is 0 Å². The van der Waals surface area contributed by atoms with Gasteiger partial charge in [-0.15, -0.1) is 0 Å². The molecule has 116 valence electrons. The zero-order chi connectivity index (χ0) is 15.9. The summed E-state index contributed by atoms with van der Waals surface area (Å²) in [5.41, 5.74) is 10.7. The first kappa shape index (κ1) is 15.3. The van der Waals surface area contributed by atoms with Gasteiger partial charge in [-0.1, -0.05) is 78.9 Å². The van der Waals surface area contributed by atoms with Crippen molar-refractivity contribution >= 4 is 5.69 Å². The van der Waals surface area contributed by atoms with Crippen molar-refractivity contribution in [2.75, 3.05) is 18.4 Å². The number of hydrogen-bond donors (Lipinski definition) is 2. The molecule has 0 atom stereocenters. The van der Waals surface area contributed by atoms with E-state index in [9.17, 15) is 0 Å². The first-order chi connectivity index (χ1) is 11.4. The highest BCUT2D eigenvalue weighted by Crippen LogP contribution is 2.35. The second-order valence-electron chi connectivity index (χ2n) is 5.56. The molecule has 2 heteroatoms. The Morgan fingerprint density at radius 1 is 0.696 bits per heavy atom. The quantitative estimate of drug-likeness (QED) is 0.668. The van der Waals surface area contributed by atoms with Gasteiger partial charge in [0.1, 0.15) is 0 Å². The van der Waals surface area contributed by atoms with Gasteiger partial charge in [0, 0.05) is 24.7 Å².